The lowest BCUT2D eigenvalue weighted by molar-refractivity contribution is -0.275. The van der Waals surface area contributed by atoms with Gasteiger partial charge >= 0.3 is 6.36 Å². The van der Waals surface area contributed by atoms with Crippen molar-refractivity contribution < 1.29 is 26.7 Å². The molecule has 1 rings (SSSR count). The Hall–Kier alpha value is -1.18. The topological polar surface area (TPSA) is 45.9 Å². The summed E-state index contributed by atoms with van der Waals surface area (Å²) in [4.78, 5) is 3.53. The molecule has 0 amide bonds. The Labute approximate surface area is 112 Å². The maximum Gasteiger partial charge on any atom is 0.573 e. The number of aromatic nitrogens is 1. The van der Waals surface area contributed by atoms with Gasteiger partial charge in [-0.3, -0.25) is 0 Å². The molecule has 0 spiro atoms. The molecular weight excluding hydrogens is 374 g/mol. The summed E-state index contributed by atoms with van der Waals surface area (Å²) in [5.74, 6) is -0.875. The van der Waals surface area contributed by atoms with Crippen LogP contribution in [0.4, 0.5) is 22.0 Å². The van der Waals surface area contributed by atoms with E-state index in [4.69, 9.17) is 5.26 Å². The van der Waals surface area contributed by atoms with Crippen molar-refractivity contribution in [1.82, 2.24) is 4.98 Å². The minimum Gasteiger partial charge on any atom is -0.404 e. The molecule has 18 heavy (non-hydrogen) atoms. The van der Waals surface area contributed by atoms with Crippen LogP contribution in [-0.2, 0) is 6.42 Å². The minimum atomic E-state index is -5.03. The van der Waals surface area contributed by atoms with E-state index in [-0.39, 0.29) is 9.39 Å². The lowest BCUT2D eigenvalue weighted by Crippen LogP contribution is -2.19. The SMILES string of the molecule is N#CCc1nc(I)c(C(F)F)cc1OC(F)(F)F. The third-order valence-electron chi connectivity index (χ3n) is 1.75. The van der Waals surface area contributed by atoms with Gasteiger partial charge in [0.2, 0.25) is 0 Å². The molecule has 0 fully saturated rings. The molecule has 9 heteroatoms. The molecule has 3 nitrogen and oxygen atoms in total. The largest absolute Gasteiger partial charge is 0.573 e. The van der Waals surface area contributed by atoms with Crippen LogP contribution in [0, 0.1) is 15.0 Å². The van der Waals surface area contributed by atoms with Crippen LogP contribution in [0.25, 0.3) is 0 Å². The average Bonchev–Trinajstić information content (AvgIpc) is 2.19. The van der Waals surface area contributed by atoms with Crippen molar-refractivity contribution in [2.24, 2.45) is 0 Å². The predicted molar refractivity (Wildman–Crippen MR) is 57.9 cm³/mol. The van der Waals surface area contributed by atoms with Gasteiger partial charge in [-0.05, 0) is 28.7 Å². The van der Waals surface area contributed by atoms with Gasteiger partial charge in [0.1, 0.15) is 3.70 Å². The first-order chi connectivity index (χ1) is 8.24. The Bertz CT molecular complexity index is 483. The van der Waals surface area contributed by atoms with Crippen molar-refractivity contribution in [2.45, 2.75) is 19.2 Å². The quantitative estimate of drug-likeness (QED) is 0.459. The minimum absolute atomic E-state index is 0.164. The summed E-state index contributed by atoms with van der Waals surface area (Å²) in [6.45, 7) is 0. The number of nitriles is 1. The summed E-state index contributed by atoms with van der Waals surface area (Å²) in [7, 11) is 0. The highest BCUT2D eigenvalue weighted by Crippen LogP contribution is 2.32. The van der Waals surface area contributed by atoms with Gasteiger partial charge < -0.3 is 4.74 Å². The molecule has 1 aromatic rings. The van der Waals surface area contributed by atoms with Crippen LogP contribution >= 0.6 is 22.6 Å². The van der Waals surface area contributed by atoms with Gasteiger partial charge in [-0.15, -0.1) is 13.2 Å². The maximum atomic E-state index is 12.5. The number of hydrogen-bond donors (Lipinski definition) is 0. The molecular formula is C9H4F5IN2O. The molecule has 0 bridgehead atoms. The predicted octanol–water partition coefficient (Wildman–Crippen LogP) is 3.59. The van der Waals surface area contributed by atoms with Crippen LogP contribution in [0.5, 0.6) is 5.75 Å². The molecule has 0 aliphatic rings. The van der Waals surface area contributed by atoms with Gasteiger partial charge in [0.25, 0.3) is 6.43 Å². The van der Waals surface area contributed by atoms with Crippen LogP contribution in [-0.4, -0.2) is 11.3 Å². The fraction of sp³-hybridized carbons (Fsp3) is 0.333. The van der Waals surface area contributed by atoms with Gasteiger partial charge in [-0.2, -0.15) is 5.26 Å². The molecule has 0 N–H and O–H groups in total. The second-order valence-electron chi connectivity index (χ2n) is 3.00. The zero-order valence-electron chi connectivity index (χ0n) is 8.43. The Morgan fingerprint density at radius 3 is 2.50 bits per heavy atom. The van der Waals surface area contributed by atoms with E-state index < -0.39 is 30.5 Å². The Morgan fingerprint density at radius 2 is 2.06 bits per heavy atom. The van der Waals surface area contributed by atoms with Crippen molar-refractivity contribution >= 4 is 22.6 Å². The third kappa shape index (κ3) is 3.94. The van der Waals surface area contributed by atoms with Crippen LogP contribution in [0.3, 0.4) is 0 Å². The molecule has 0 saturated carbocycles. The molecule has 0 aliphatic heterocycles. The monoisotopic (exact) mass is 378 g/mol. The Kier molecular flexibility index (Phi) is 4.66. The molecule has 98 valence electrons. The highest BCUT2D eigenvalue weighted by Gasteiger charge is 2.33. The molecule has 1 aromatic heterocycles. The van der Waals surface area contributed by atoms with Crippen molar-refractivity contribution in [2.75, 3.05) is 0 Å². The number of pyridine rings is 1. The highest BCUT2D eigenvalue weighted by atomic mass is 127. The molecule has 0 saturated heterocycles. The van der Waals surface area contributed by atoms with Crippen molar-refractivity contribution in [3.05, 3.63) is 21.0 Å². The number of hydrogen-bond acceptors (Lipinski definition) is 3. The molecule has 0 aliphatic carbocycles. The zero-order valence-corrected chi connectivity index (χ0v) is 10.6. The van der Waals surface area contributed by atoms with Crippen molar-refractivity contribution in [3.8, 4) is 11.8 Å². The normalized spacial score (nSPS) is 11.4. The summed E-state index contributed by atoms with van der Waals surface area (Å²) >= 11 is 1.46. The van der Waals surface area contributed by atoms with E-state index in [1.54, 1.807) is 6.07 Å². The van der Waals surface area contributed by atoms with E-state index in [2.05, 4.69) is 9.72 Å². The Balaban J connectivity index is 3.27. The Morgan fingerprint density at radius 1 is 1.44 bits per heavy atom. The van der Waals surface area contributed by atoms with Crippen LogP contribution in [0.2, 0.25) is 0 Å². The van der Waals surface area contributed by atoms with Crippen molar-refractivity contribution in [3.63, 3.8) is 0 Å². The van der Waals surface area contributed by atoms with Crippen LogP contribution in [0.1, 0.15) is 17.7 Å². The van der Waals surface area contributed by atoms with E-state index in [1.165, 1.54) is 22.6 Å². The summed E-state index contributed by atoms with van der Waals surface area (Å²) in [6.07, 6.45) is -8.47. The van der Waals surface area contributed by atoms with Crippen molar-refractivity contribution in [1.29, 1.82) is 5.26 Å². The summed E-state index contributed by atoms with van der Waals surface area (Å²) in [5, 5.41) is 8.43. The highest BCUT2D eigenvalue weighted by molar-refractivity contribution is 14.1. The molecule has 0 radical (unpaired) electrons. The fourth-order valence-electron chi connectivity index (χ4n) is 1.09. The third-order valence-corrected chi connectivity index (χ3v) is 2.61. The maximum absolute atomic E-state index is 12.5. The summed E-state index contributed by atoms with van der Waals surface area (Å²) in [6, 6.07) is 2.14. The average molecular weight is 378 g/mol. The van der Waals surface area contributed by atoms with Gasteiger partial charge in [-0.25, -0.2) is 13.8 Å². The molecule has 0 atom stereocenters. The number of alkyl halides is 5. The van der Waals surface area contributed by atoms with E-state index in [1.807, 2.05) is 0 Å². The van der Waals surface area contributed by atoms with Gasteiger partial charge in [-0.1, -0.05) is 0 Å². The zero-order chi connectivity index (χ0) is 13.9. The van der Waals surface area contributed by atoms with E-state index >= 15 is 0 Å². The fourth-order valence-corrected chi connectivity index (χ4v) is 1.77. The van der Waals surface area contributed by atoms with Crippen LogP contribution in [0.15, 0.2) is 6.07 Å². The first-order valence-electron chi connectivity index (χ1n) is 4.34. The summed E-state index contributed by atoms with van der Waals surface area (Å²) < 4.78 is 64.7. The smallest absolute Gasteiger partial charge is 0.404 e. The second-order valence-corrected chi connectivity index (χ2v) is 4.02. The molecule has 0 aromatic carbocycles. The first-order valence-corrected chi connectivity index (χ1v) is 5.42. The standard InChI is InChI=1S/C9H4F5IN2O/c10-7(11)4-3-6(18-9(12,13)14)5(1-2-16)17-8(4)15/h3,7H,1H2. The second kappa shape index (κ2) is 5.64. The van der Waals surface area contributed by atoms with Gasteiger partial charge in [0.05, 0.1) is 23.7 Å². The van der Waals surface area contributed by atoms with Gasteiger partial charge in [0, 0.05) is 0 Å². The molecule has 0 unspecified atom stereocenters. The van der Waals surface area contributed by atoms with E-state index in [0.29, 0.717) is 6.07 Å². The lowest BCUT2D eigenvalue weighted by Gasteiger charge is -2.13. The lowest BCUT2D eigenvalue weighted by atomic mass is 10.2. The summed E-state index contributed by atoms with van der Waals surface area (Å²) in [5.41, 5.74) is -1.000. The number of nitrogens with zero attached hydrogens (tertiary/aromatic N) is 2. The van der Waals surface area contributed by atoms with Gasteiger partial charge in [0.15, 0.2) is 5.75 Å². The van der Waals surface area contributed by atoms with Crippen LogP contribution < -0.4 is 4.74 Å². The van der Waals surface area contributed by atoms with E-state index in [0.717, 1.165) is 0 Å². The number of rotatable bonds is 3. The number of ether oxygens (including phenoxy) is 1. The van der Waals surface area contributed by atoms with E-state index in [9.17, 15) is 22.0 Å². The molecule has 1 heterocycles. The number of halogens is 6. The first kappa shape index (κ1) is 14.9.